The zero-order valence-corrected chi connectivity index (χ0v) is 16.9. The molecule has 3 rings (SSSR count). The number of hydrogen-bond acceptors (Lipinski definition) is 6. The molecule has 0 radical (unpaired) electrons. The third-order valence-electron chi connectivity index (χ3n) is 4.42. The molecule has 1 heterocycles. The first-order valence-electron chi connectivity index (χ1n) is 8.58. The highest BCUT2D eigenvalue weighted by Crippen LogP contribution is 2.28. The van der Waals surface area contributed by atoms with Crippen LogP contribution in [0.2, 0.25) is 0 Å². The number of benzene rings is 2. The number of rotatable bonds is 7. The van der Waals surface area contributed by atoms with Crippen molar-refractivity contribution in [2.45, 2.75) is 24.3 Å². The molecule has 0 saturated carbocycles. The second-order valence-corrected chi connectivity index (χ2v) is 8.19. The Labute approximate surface area is 162 Å². The molecule has 0 bridgehead atoms. The third kappa shape index (κ3) is 3.90. The van der Waals surface area contributed by atoms with Crippen LogP contribution in [0, 0.1) is 0 Å². The lowest BCUT2D eigenvalue weighted by Crippen LogP contribution is -2.34. The molecule has 2 aromatic carbocycles. The van der Waals surface area contributed by atoms with Gasteiger partial charge in [0.2, 0.25) is 10.0 Å². The maximum atomic E-state index is 12.7. The first-order chi connectivity index (χ1) is 13.2. The SMILES string of the molecule is COc1ccc(CC(C)NS(=O)(=O)c2ccc3oc(=O)n(C)c3c2)cc1OC. The normalized spacial score (nSPS) is 12.9. The van der Waals surface area contributed by atoms with Crippen molar-refractivity contribution in [3.8, 4) is 11.5 Å². The molecular formula is C19H22N2O6S. The van der Waals surface area contributed by atoms with Crippen molar-refractivity contribution < 1.29 is 22.3 Å². The summed E-state index contributed by atoms with van der Waals surface area (Å²) in [5.41, 5.74) is 1.66. The Kier molecular flexibility index (Phi) is 5.48. The smallest absolute Gasteiger partial charge is 0.419 e. The summed E-state index contributed by atoms with van der Waals surface area (Å²) < 4.78 is 44.9. The largest absolute Gasteiger partial charge is 0.493 e. The molecule has 0 aliphatic carbocycles. The van der Waals surface area contributed by atoms with Crippen molar-refractivity contribution in [2.24, 2.45) is 7.05 Å². The highest BCUT2D eigenvalue weighted by atomic mass is 32.2. The standard InChI is InChI=1S/C19H22N2O6S/c1-12(9-13-5-7-17(25-3)18(10-13)26-4)20-28(23,24)14-6-8-16-15(11-14)21(2)19(22)27-16/h5-8,10-12,20H,9H2,1-4H3. The van der Waals surface area contributed by atoms with Gasteiger partial charge >= 0.3 is 5.76 Å². The van der Waals surface area contributed by atoms with Gasteiger partial charge in [-0.25, -0.2) is 17.9 Å². The van der Waals surface area contributed by atoms with E-state index in [9.17, 15) is 13.2 Å². The van der Waals surface area contributed by atoms with Crippen molar-refractivity contribution in [1.29, 1.82) is 0 Å². The summed E-state index contributed by atoms with van der Waals surface area (Å²) in [5.74, 6) is 0.652. The van der Waals surface area contributed by atoms with E-state index in [1.54, 1.807) is 27.2 Å². The fraction of sp³-hybridized carbons (Fsp3) is 0.316. The van der Waals surface area contributed by atoms with Crippen LogP contribution in [0.25, 0.3) is 11.1 Å². The number of methoxy groups -OCH3 is 2. The predicted octanol–water partition coefficient (Wildman–Crippen LogP) is 2.06. The molecule has 9 heteroatoms. The Hall–Kier alpha value is -2.78. The minimum absolute atomic E-state index is 0.0653. The van der Waals surface area contributed by atoms with Gasteiger partial charge in [0.15, 0.2) is 17.1 Å². The zero-order chi connectivity index (χ0) is 20.5. The van der Waals surface area contributed by atoms with Gasteiger partial charge < -0.3 is 13.9 Å². The van der Waals surface area contributed by atoms with Crippen LogP contribution in [0.15, 0.2) is 50.5 Å². The Morgan fingerprint density at radius 3 is 2.50 bits per heavy atom. The topological polar surface area (TPSA) is 99.8 Å². The van der Waals surface area contributed by atoms with Crippen molar-refractivity contribution >= 4 is 21.1 Å². The molecule has 0 spiro atoms. The molecule has 0 aliphatic heterocycles. The van der Waals surface area contributed by atoms with Crippen LogP contribution < -0.4 is 20.0 Å². The monoisotopic (exact) mass is 406 g/mol. The van der Waals surface area contributed by atoms with Gasteiger partial charge in [0, 0.05) is 13.1 Å². The van der Waals surface area contributed by atoms with Crippen LogP contribution in [0.1, 0.15) is 12.5 Å². The van der Waals surface area contributed by atoms with E-state index >= 15 is 0 Å². The first-order valence-corrected chi connectivity index (χ1v) is 10.1. The van der Waals surface area contributed by atoms with Crippen LogP contribution in [0.3, 0.4) is 0 Å². The lowest BCUT2D eigenvalue weighted by Gasteiger charge is -2.16. The summed E-state index contributed by atoms with van der Waals surface area (Å²) in [6, 6.07) is 9.40. The second kappa shape index (κ2) is 7.69. The van der Waals surface area contributed by atoms with Crippen LogP contribution in [0.5, 0.6) is 11.5 Å². The van der Waals surface area contributed by atoms with Crippen molar-refractivity contribution in [3.05, 3.63) is 52.5 Å². The van der Waals surface area contributed by atoms with E-state index in [4.69, 9.17) is 13.9 Å². The van der Waals surface area contributed by atoms with E-state index in [1.807, 2.05) is 12.1 Å². The van der Waals surface area contributed by atoms with Gasteiger partial charge in [-0.3, -0.25) is 4.57 Å². The molecule has 8 nitrogen and oxygen atoms in total. The molecule has 0 aliphatic rings. The van der Waals surface area contributed by atoms with E-state index in [-0.39, 0.29) is 10.9 Å². The van der Waals surface area contributed by atoms with E-state index in [2.05, 4.69) is 4.72 Å². The summed E-state index contributed by atoms with van der Waals surface area (Å²) in [6.07, 6.45) is 0.464. The number of sulfonamides is 1. The first kappa shape index (κ1) is 20.0. The average Bonchev–Trinajstić information content (AvgIpc) is 2.94. The lowest BCUT2D eigenvalue weighted by molar-refractivity contribution is 0.354. The van der Waals surface area contributed by atoms with Crippen molar-refractivity contribution in [3.63, 3.8) is 0 Å². The summed E-state index contributed by atoms with van der Waals surface area (Å²) in [6.45, 7) is 1.78. The molecule has 1 unspecified atom stereocenters. The predicted molar refractivity (Wildman–Crippen MR) is 104 cm³/mol. The quantitative estimate of drug-likeness (QED) is 0.645. The number of nitrogens with one attached hydrogen (secondary N) is 1. The van der Waals surface area contributed by atoms with E-state index < -0.39 is 15.8 Å². The van der Waals surface area contributed by atoms with Gasteiger partial charge in [-0.15, -0.1) is 0 Å². The van der Waals surface area contributed by atoms with Crippen molar-refractivity contribution in [1.82, 2.24) is 9.29 Å². The number of aryl methyl sites for hydroxylation is 1. The lowest BCUT2D eigenvalue weighted by atomic mass is 10.1. The number of oxazole rings is 1. The van der Waals surface area contributed by atoms with E-state index in [0.29, 0.717) is 29.0 Å². The zero-order valence-electron chi connectivity index (χ0n) is 16.1. The van der Waals surface area contributed by atoms with Gasteiger partial charge in [-0.05, 0) is 49.2 Å². The molecule has 1 atom stereocenters. The summed E-state index contributed by atoms with van der Waals surface area (Å²) in [4.78, 5) is 11.7. The highest BCUT2D eigenvalue weighted by Gasteiger charge is 2.20. The number of aromatic nitrogens is 1. The van der Waals surface area contributed by atoms with Crippen LogP contribution in [-0.4, -0.2) is 33.2 Å². The van der Waals surface area contributed by atoms with Crippen LogP contribution in [0.4, 0.5) is 0 Å². The molecule has 1 N–H and O–H groups in total. The Morgan fingerprint density at radius 2 is 1.82 bits per heavy atom. The summed E-state index contributed by atoms with van der Waals surface area (Å²) in [5, 5.41) is 0. The molecule has 150 valence electrons. The fourth-order valence-electron chi connectivity index (χ4n) is 3.01. The molecule has 0 amide bonds. The Bertz CT molecular complexity index is 1160. The number of fused-ring (bicyclic) bond motifs is 1. The van der Waals surface area contributed by atoms with Gasteiger partial charge in [0.1, 0.15) is 0 Å². The maximum Gasteiger partial charge on any atom is 0.419 e. The molecule has 0 fully saturated rings. The van der Waals surface area contributed by atoms with Gasteiger partial charge in [0.25, 0.3) is 0 Å². The number of hydrogen-bond donors (Lipinski definition) is 1. The van der Waals surface area contributed by atoms with E-state index in [0.717, 1.165) is 5.56 Å². The molecule has 28 heavy (non-hydrogen) atoms. The minimum Gasteiger partial charge on any atom is -0.493 e. The minimum atomic E-state index is -3.77. The van der Waals surface area contributed by atoms with Crippen molar-refractivity contribution in [2.75, 3.05) is 14.2 Å². The van der Waals surface area contributed by atoms with Crippen LogP contribution >= 0.6 is 0 Å². The fourth-order valence-corrected chi connectivity index (χ4v) is 4.27. The molecule has 0 saturated heterocycles. The Balaban J connectivity index is 1.80. The number of nitrogens with zero attached hydrogens (tertiary/aromatic N) is 1. The highest BCUT2D eigenvalue weighted by molar-refractivity contribution is 7.89. The van der Waals surface area contributed by atoms with Gasteiger partial charge in [0.05, 0.1) is 24.6 Å². The molecular weight excluding hydrogens is 384 g/mol. The van der Waals surface area contributed by atoms with Crippen LogP contribution in [-0.2, 0) is 23.5 Å². The van der Waals surface area contributed by atoms with Gasteiger partial charge in [-0.2, -0.15) is 0 Å². The molecule has 1 aromatic heterocycles. The summed E-state index contributed by atoms with van der Waals surface area (Å²) in [7, 11) is 0.861. The summed E-state index contributed by atoms with van der Waals surface area (Å²) >= 11 is 0. The molecule has 3 aromatic rings. The second-order valence-electron chi connectivity index (χ2n) is 6.47. The maximum absolute atomic E-state index is 12.7. The van der Waals surface area contributed by atoms with E-state index in [1.165, 1.54) is 29.8 Å². The third-order valence-corrected chi connectivity index (χ3v) is 6.01. The average molecular weight is 406 g/mol. The number of ether oxygens (including phenoxy) is 2. The Morgan fingerprint density at radius 1 is 1.11 bits per heavy atom. The van der Waals surface area contributed by atoms with Gasteiger partial charge in [-0.1, -0.05) is 6.07 Å².